The Balaban J connectivity index is 1.34. The number of hydrogen-bond acceptors (Lipinski definition) is 7. The average Bonchev–Trinajstić information content (AvgIpc) is 3.24. The highest BCUT2D eigenvalue weighted by molar-refractivity contribution is 8.00. The summed E-state index contributed by atoms with van der Waals surface area (Å²) in [6.07, 6.45) is 4.54. The minimum absolute atomic E-state index is 0.158. The van der Waals surface area contributed by atoms with Gasteiger partial charge < -0.3 is 4.74 Å². The van der Waals surface area contributed by atoms with Crippen LogP contribution in [0.2, 0.25) is 0 Å². The van der Waals surface area contributed by atoms with Gasteiger partial charge in [-0.2, -0.15) is 0 Å². The predicted octanol–water partition coefficient (Wildman–Crippen LogP) is 4.75. The summed E-state index contributed by atoms with van der Waals surface area (Å²) in [7, 11) is 1.36. The number of ether oxygens (including phenoxy) is 1. The molecule has 1 N–H and O–H groups in total. The first-order valence-corrected chi connectivity index (χ1v) is 11.5. The fraction of sp³-hybridized carbons (Fsp3) is 0.273. The molecule has 30 heavy (non-hydrogen) atoms. The summed E-state index contributed by atoms with van der Waals surface area (Å²) in [6.45, 7) is 0. The zero-order chi connectivity index (χ0) is 20.9. The van der Waals surface area contributed by atoms with Crippen molar-refractivity contribution < 1.29 is 14.3 Å². The molecule has 154 valence electrons. The summed E-state index contributed by atoms with van der Waals surface area (Å²) in [5.74, 6) is 0.182. The van der Waals surface area contributed by atoms with Gasteiger partial charge in [-0.25, -0.2) is 4.79 Å². The third-order valence-electron chi connectivity index (χ3n) is 4.97. The molecule has 2 aromatic carbocycles. The van der Waals surface area contributed by atoms with Gasteiger partial charge in [0, 0.05) is 11.3 Å². The molecule has 0 unspecified atom stereocenters. The molecular formula is C22H21N3O3S2. The lowest BCUT2D eigenvalue weighted by molar-refractivity contribution is 0.0600. The van der Waals surface area contributed by atoms with Crippen molar-refractivity contribution in [2.75, 3.05) is 12.4 Å². The van der Waals surface area contributed by atoms with Crippen molar-refractivity contribution in [3.8, 4) is 0 Å². The van der Waals surface area contributed by atoms with E-state index in [0.29, 0.717) is 22.0 Å². The van der Waals surface area contributed by atoms with Crippen LogP contribution in [0.15, 0.2) is 46.8 Å². The molecule has 0 saturated carbocycles. The van der Waals surface area contributed by atoms with Crippen LogP contribution in [0.4, 0.5) is 5.13 Å². The number of rotatable bonds is 6. The lowest BCUT2D eigenvalue weighted by Crippen LogP contribution is -2.13. The molecule has 1 aromatic heterocycles. The Morgan fingerprint density at radius 1 is 1.03 bits per heavy atom. The number of carbonyl (C=O) groups excluding carboxylic acids is 2. The number of fused-ring (bicyclic) bond motifs is 1. The molecule has 0 saturated heterocycles. The summed E-state index contributed by atoms with van der Waals surface area (Å²) in [5, 5.41) is 11.6. The number of nitrogens with zero attached hydrogens (tertiary/aromatic N) is 2. The number of anilines is 1. The Kier molecular flexibility index (Phi) is 6.44. The monoisotopic (exact) mass is 439 g/mol. The zero-order valence-corrected chi connectivity index (χ0v) is 18.1. The molecule has 0 bridgehead atoms. The number of carbonyl (C=O) groups is 2. The third kappa shape index (κ3) is 4.88. The minimum atomic E-state index is -0.349. The second-order valence-corrected chi connectivity index (χ2v) is 9.20. The maximum atomic E-state index is 12.6. The number of esters is 1. The summed E-state index contributed by atoms with van der Waals surface area (Å²) in [4.78, 5) is 24.1. The zero-order valence-electron chi connectivity index (χ0n) is 16.5. The van der Waals surface area contributed by atoms with Gasteiger partial charge in [-0.15, -0.1) is 10.2 Å². The number of thioether (sulfide) groups is 1. The van der Waals surface area contributed by atoms with E-state index in [1.165, 1.54) is 54.2 Å². The van der Waals surface area contributed by atoms with Crippen molar-refractivity contribution in [1.29, 1.82) is 0 Å². The van der Waals surface area contributed by atoms with Crippen molar-refractivity contribution >= 4 is 40.1 Å². The fourth-order valence-electron chi connectivity index (χ4n) is 3.36. The van der Waals surface area contributed by atoms with Crippen molar-refractivity contribution in [2.45, 2.75) is 35.8 Å². The van der Waals surface area contributed by atoms with Crippen LogP contribution in [0.5, 0.6) is 0 Å². The standard InChI is InChI=1S/C22H21N3O3S2/c1-28-20(27)16-8-6-14(7-9-16)13-29-22-25-24-21(30-22)23-19(26)18-11-10-15-4-2-3-5-17(15)12-18/h6-12H,2-5,13H2,1H3,(H,23,24,26). The van der Waals surface area contributed by atoms with Crippen LogP contribution in [0, 0.1) is 0 Å². The lowest BCUT2D eigenvalue weighted by Gasteiger charge is -2.16. The molecule has 1 amide bonds. The van der Waals surface area contributed by atoms with Crippen molar-refractivity contribution in [3.63, 3.8) is 0 Å². The van der Waals surface area contributed by atoms with Crippen LogP contribution >= 0.6 is 23.1 Å². The quantitative estimate of drug-likeness (QED) is 0.339. The first-order chi connectivity index (χ1) is 14.6. The topological polar surface area (TPSA) is 81.2 Å². The molecule has 3 aromatic rings. The smallest absolute Gasteiger partial charge is 0.337 e. The molecular weight excluding hydrogens is 418 g/mol. The van der Waals surface area contributed by atoms with Gasteiger partial charge in [0.1, 0.15) is 0 Å². The van der Waals surface area contributed by atoms with Crippen LogP contribution in [-0.2, 0) is 23.3 Å². The van der Waals surface area contributed by atoms with E-state index in [1.54, 1.807) is 12.1 Å². The normalized spacial score (nSPS) is 12.8. The second-order valence-electron chi connectivity index (χ2n) is 7.00. The van der Waals surface area contributed by atoms with Crippen LogP contribution in [0.1, 0.15) is 50.2 Å². The van der Waals surface area contributed by atoms with Crippen molar-refractivity contribution in [1.82, 2.24) is 10.2 Å². The highest BCUT2D eigenvalue weighted by Crippen LogP contribution is 2.29. The van der Waals surface area contributed by atoms with Gasteiger partial charge in [0.25, 0.3) is 5.91 Å². The number of methoxy groups -OCH3 is 1. The van der Waals surface area contributed by atoms with Crippen molar-refractivity contribution in [3.05, 3.63) is 70.3 Å². The van der Waals surface area contributed by atoms with Crippen molar-refractivity contribution in [2.24, 2.45) is 0 Å². The first kappa shape index (κ1) is 20.6. The van der Waals surface area contributed by atoms with E-state index in [2.05, 4.69) is 21.6 Å². The molecule has 0 radical (unpaired) electrons. The van der Waals surface area contributed by atoms with Gasteiger partial charge in [0.2, 0.25) is 5.13 Å². The van der Waals surface area contributed by atoms with Gasteiger partial charge in [0.05, 0.1) is 12.7 Å². The maximum absolute atomic E-state index is 12.6. The Bertz CT molecular complexity index is 1060. The van der Waals surface area contributed by atoms with E-state index in [0.717, 1.165) is 22.7 Å². The van der Waals surface area contributed by atoms with Gasteiger partial charge in [-0.05, 0) is 66.6 Å². The van der Waals surface area contributed by atoms with Gasteiger partial charge in [-0.1, -0.05) is 41.3 Å². The van der Waals surface area contributed by atoms with E-state index in [4.69, 9.17) is 4.74 Å². The average molecular weight is 440 g/mol. The van der Waals surface area contributed by atoms with E-state index in [1.807, 2.05) is 24.3 Å². The SMILES string of the molecule is COC(=O)c1ccc(CSc2nnc(NC(=O)c3ccc4c(c3)CCCC4)s2)cc1. The summed E-state index contributed by atoms with van der Waals surface area (Å²) >= 11 is 2.88. The van der Waals surface area contributed by atoms with E-state index >= 15 is 0 Å². The molecule has 8 heteroatoms. The van der Waals surface area contributed by atoms with Crippen LogP contribution in [0.3, 0.4) is 0 Å². The maximum Gasteiger partial charge on any atom is 0.337 e. The Labute approximate surface area is 183 Å². The van der Waals surface area contributed by atoms with Gasteiger partial charge in [0.15, 0.2) is 4.34 Å². The Morgan fingerprint density at radius 2 is 1.77 bits per heavy atom. The Hall–Kier alpha value is -2.71. The van der Waals surface area contributed by atoms with Gasteiger partial charge in [-0.3, -0.25) is 10.1 Å². The third-order valence-corrected chi connectivity index (χ3v) is 7.02. The molecule has 1 heterocycles. The molecule has 0 aliphatic heterocycles. The highest BCUT2D eigenvalue weighted by Gasteiger charge is 2.15. The lowest BCUT2D eigenvalue weighted by atomic mass is 9.90. The summed E-state index contributed by atoms with van der Waals surface area (Å²) in [5.41, 5.74) is 4.87. The molecule has 0 atom stereocenters. The number of aromatic nitrogens is 2. The number of benzene rings is 2. The van der Waals surface area contributed by atoms with Crippen LogP contribution in [-0.4, -0.2) is 29.2 Å². The van der Waals surface area contributed by atoms with Crippen LogP contribution in [0.25, 0.3) is 0 Å². The predicted molar refractivity (Wildman–Crippen MR) is 118 cm³/mol. The molecule has 4 rings (SSSR count). The molecule has 6 nitrogen and oxygen atoms in total. The number of hydrogen-bond donors (Lipinski definition) is 1. The van der Waals surface area contributed by atoms with E-state index in [9.17, 15) is 9.59 Å². The van der Waals surface area contributed by atoms with E-state index < -0.39 is 0 Å². The highest BCUT2D eigenvalue weighted by atomic mass is 32.2. The second kappa shape index (κ2) is 9.40. The minimum Gasteiger partial charge on any atom is -0.465 e. The summed E-state index contributed by atoms with van der Waals surface area (Å²) in [6, 6.07) is 13.2. The number of amides is 1. The molecule has 1 aliphatic rings. The van der Waals surface area contributed by atoms with E-state index in [-0.39, 0.29) is 11.9 Å². The summed E-state index contributed by atoms with van der Waals surface area (Å²) < 4.78 is 5.47. The van der Waals surface area contributed by atoms with Gasteiger partial charge >= 0.3 is 5.97 Å². The molecule has 0 fully saturated rings. The largest absolute Gasteiger partial charge is 0.465 e. The molecule has 1 aliphatic carbocycles. The molecule has 0 spiro atoms. The number of aryl methyl sites for hydroxylation is 2. The first-order valence-electron chi connectivity index (χ1n) is 9.69. The van der Waals surface area contributed by atoms with Crippen LogP contribution < -0.4 is 5.32 Å². The number of nitrogens with one attached hydrogen (secondary N) is 1. The Morgan fingerprint density at radius 3 is 2.53 bits per heavy atom. The fourth-order valence-corrected chi connectivity index (χ4v) is 5.07.